The van der Waals surface area contributed by atoms with Crippen LogP contribution in [0.15, 0.2) is 48.5 Å². The second kappa shape index (κ2) is 11.8. The van der Waals surface area contributed by atoms with Crippen LogP contribution in [0, 0.1) is 11.8 Å². The minimum absolute atomic E-state index is 0.0582. The lowest BCUT2D eigenvalue weighted by molar-refractivity contribution is -0.127. The van der Waals surface area contributed by atoms with Gasteiger partial charge < -0.3 is 20.4 Å². The Kier molecular flexibility index (Phi) is 8.71. The normalized spacial score (nSPS) is 20.8. The summed E-state index contributed by atoms with van der Waals surface area (Å²) in [6.07, 6.45) is 1.05. The molecule has 0 unspecified atom stereocenters. The van der Waals surface area contributed by atoms with Crippen LogP contribution in [-0.2, 0) is 19.6 Å². The van der Waals surface area contributed by atoms with Crippen LogP contribution in [0.25, 0.3) is 0 Å². The van der Waals surface area contributed by atoms with Crippen LogP contribution in [0.3, 0.4) is 0 Å². The lowest BCUT2D eigenvalue weighted by Crippen LogP contribution is -2.48. The number of hydrogen-bond acceptors (Lipinski definition) is 6. The predicted molar refractivity (Wildman–Crippen MR) is 147 cm³/mol. The van der Waals surface area contributed by atoms with Crippen molar-refractivity contribution in [3.8, 4) is 0 Å². The van der Waals surface area contributed by atoms with Crippen molar-refractivity contribution in [1.82, 2.24) is 14.1 Å². The number of anilines is 2. The first-order valence-corrected chi connectivity index (χ1v) is 14.7. The van der Waals surface area contributed by atoms with Crippen molar-refractivity contribution in [2.24, 2.45) is 11.8 Å². The second-order valence-electron chi connectivity index (χ2n) is 9.58. The van der Waals surface area contributed by atoms with Crippen LogP contribution in [0.2, 0.25) is 5.02 Å². The zero-order chi connectivity index (χ0) is 27.4. The van der Waals surface area contributed by atoms with E-state index in [9.17, 15) is 22.8 Å². The molecule has 4 rings (SSSR count). The highest BCUT2D eigenvalue weighted by molar-refractivity contribution is 7.88. The van der Waals surface area contributed by atoms with Crippen LogP contribution >= 0.6 is 11.6 Å². The second-order valence-corrected chi connectivity index (χ2v) is 12.0. The Morgan fingerprint density at radius 3 is 1.76 bits per heavy atom. The van der Waals surface area contributed by atoms with Gasteiger partial charge in [0.05, 0.1) is 18.1 Å². The smallest absolute Gasteiger partial charge is 0.253 e. The fourth-order valence-electron chi connectivity index (χ4n) is 4.72. The third-order valence-electron chi connectivity index (χ3n) is 7.05. The molecule has 0 radical (unpaired) electrons. The summed E-state index contributed by atoms with van der Waals surface area (Å²) in [5.41, 5.74) is 1.47. The number of likely N-dealkylation sites (N-methyl/N-ethyl adjacent to an activating group) is 1. The van der Waals surface area contributed by atoms with E-state index in [4.69, 9.17) is 11.6 Å². The molecule has 2 atom stereocenters. The van der Waals surface area contributed by atoms with E-state index in [-0.39, 0.29) is 19.0 Å². The van der Waals surface area contributed by atoms with Crippen molar-refractivity contribution in [3.63, 3.8) is 0 Å². The van der Waals surface area contributed by atoms with Crippen LogP contribution in [0.4, 0.5) is 11.4 Å². The number of carbonyl (C=O) groups excluding carboxylic acids is 3. The molecule has 0 bridgehead atoms. The molecule has 2 aliphatic heterocycles. The van der Waals surface area contributed by atoms with E-state index in [0.717, 1.165) is 30.2 Å². The summed E-state index contributed by atoms with van der Waals surface area (Å²) in [6.45, 7) is 5.88. The van der Waals surface area contributed by atoms with Gasteiger partial charge in [0.1, 0.15) is 0 Å². The number of sulfonamides is 1. The fraction of sp³-hybridized carbons (Fsp3) is 0.423. The summed E-state index contributed by atoms with van der Waals surface area (Å²) >= 11 is 5.90. The number of halogens is 1. The van der Waals surface area contributed by atoms with E-state index in [2.05, 4.69) is 22.5 Å². The number of nitrogens with one attached hydrogen (secondary N) is 2. The number of carbonyl (C=O) groups is 3. The zero-order valence-corrected chi connectivity index (χ0v) is 23.0. The highest BCUT2D eigenvalue weighted by atomic mass is 35.5. The van der Waals surface area contributed by atoms with Gasteiger partial charge in [-0.3, -0.25) is 14.4 Å². The van der Waals surface area contributed by atoms with Gasteiger partial charge in [0.25, 0.3) is 5.91 Å². The summed E-state index contributed by atoms with van der Waals surface area (Å²) in [5, 5.41) is 6.04. The molecule has 2 aromatic carbocycles. The van der Waals surface area contributed by atoms with E-state index in [0.29, 0.717) is 35.1 Å². The van der Waals surface area contributed by atoms with E-state index in [1.54, 1.807) is 48.5 Å². The molecule has 0 saturated carbocycles. The number of benzene rings is 2. The SMILES string of the molecule is CCN1CCN(C(=O)c2ccc(NC(=O)[C@H]3CN(S(C)(=O)=O)C[C@@H]3C(=O)Nc3ccc(Cl)cc3)cc2)CC1. The molecule has 2 heterocycles. The van der Waals surface area contributed by atoms with E-state index < -0.39 is 33.7 Å². The molecule has 38 heavy (non-hydrogen) atoms. The van der Waals surface area contributed by atoms with E-state index >= 15 is 0 Å². The number of rotatable bonds is 7. The highest BCUT2D eigenvalue weighted by Crippen LogP contribution is 2.28. The molecule has 0 aliphatic carbocycles. The van der Waals surface area contributed by atoms with Crippen LogP contribution in [0.1, 0.15) is 17.3 Å². The van der Waals surface area contributed by atoms with Gasteiger partial charge in [0.2, 0.25) is 21.8 Å². The lowest BCUT2D eigenvalue weighted by Gasteiger charge is -2.34. The van der Waals surface area contributed by atoms with E-state index in [1.807, 2.05) is 4.90 Å². The zero-order valence-electron chi connectivity index (χ0n) is 21.4. The summed E-state index contributed by atoms with van der Waals surface area (Å²) in [4.78, 5) is 43.2. The maximum Gasteiger partial charge on any atom is 0.253 e. The van der Waals surface area contributed by atoms with Crippen molar-refractivity contribution in [2.75, 3.05) is 62.7 Å². The number of piperazine rings is 1. The van der Waals surface area contributed by atoms with Crippen molar-refractivity contribution in [1.29, 1.82) is 0 Å². The first-order chi connectivity index (χ1) is 18.0. The molecule has 204 valence electrons. The van der Waals surface area contributed by atoms with E-state index in [1.165, 1.54) is 0 Å². The van der Waals surface area contributed by atoms with Gasteiger partial charge >= 0.3 is 0 Å². The van der Waals surface area contributed by atoms with Gasteiger partial charge in [-0.15, -0.1) is 0 Å². The molecular weight excluding hydrogens is 530 g/mol. The molecule has 3 amide bonds. The molecule has 2 fully saturated rings. The minimum atomic E-state index is -3.61. The number of hydrogen-bond donors (Lipinski definition) is 2. The van der Waals surface area contributed by atoms with Crippen LogP contribution in [-0.4, -0.2) is 92.3 Å². The minimum Gasteiger partial charge on any atom is -0.336 e. The maximum atomic E-state index is 13.2. The van der Waals surface area contributed by atoms with Crippen molar-refractivity contribution >= 4 is 50.7 Å². The number of nitrogens with zero attached hydrogens (tertiary/aromatic N) is 3. The third-order valence-corrected chi connectivity index (χ3v) is 8.53. The van der Waals surface area contributed by atoms with Gasteiger partial charge in [-0.05, 0) is 55.1 Å². The molecule has 0 aromatic heterocycles. The molecule has 2 aromatic rings. The van der Waals surface area contributed by atoms with Crippen LogP contribution < -0.4 is 10.6 Å². The highest BCUT2D eigenvalue weighted by Gasteiger charge is 2.44. The number of amides is 3. The average molecular weight is 562 g/mol. The average Bonchev–Trinajstić information content (AvgIpc) is 3.37. The summed E-state index contributed by atoms with van der Waals surface area (Å²) in [5.74, 6) is -2.77. The Bertz CT molecular complexity index is 1280. The standard InChI is InChI=1S/C26H32ClN5O5S/c1-3-30-12-14-31(15-13-30)26(35)18-4-8-20(9-5-18)28-24(33)22-16-32(38(2,36)37)17-23(22)25(34)29-21-10-6-19(27)7-11-21/h4-11,22-23H,3,12-17H2,1-2H3,(H,28,33)(H,29,34)/t22-,23-/m0/s1. The summed E-state index contributed by atoms with van der Waals surface area (Å²) < 4.78 is 25.5. The van der Waals surface area contributed by atoms with Gasteiger partial charge in [-0.25, -0.2) is 12.7 Å². The maximum absolute atomic E-state index is 13.2. The Morgan fingerprint density at radius 2 is 1.32 bits per heavy atom. The summed E-state index contributed by atoms with van der Waals surface area (Å²) in [7, 11) is -3.61. The molecule has 2 saturated heterocycles. The Labute approximate surface area is 228 Å². The summed E-state index contributed by atoms with van der Waals surface area (Å²) in [6, 6.07) is 13.1. The largest absolute Gasteiger partial charge is 0.336 e. The molecule has 2 aliphatic rings. The lowest BCUT2D eigenvalue weighted by atomic mass is 9.94. The van der Waals surface area contributed by atoms with Gasteiger partial charge in [0.15, 0.2) is 0 Å². The molecule has 12 heteroatoms. The third kappa shape index (κ3) is 6.71. The quantitative estimate of drug-likeness (QED) is 0.535. The predicted octanol–water partition coefficient (Wildman–Crippen LogP) is 2.20. The topological polar surface area (TPSA) is 119 Å². The first-order valence-electron chi connectivity index (χ1n) is 12.5. The van der Waals surface area contributed by atoms with Gasteiger partial charge in [-0.1, -0.05) is 18.5 Å². The van der Waals surface area contributed by atoms with Crippen LogP contribution in [0.5, 0.6) is 0 Å². The molecule has 2 N–H and O–H groups in total. The van der Waals surface area contributed by atoms with Gasteiger partial charge in [-0.2, -0.15) is 0 Å². The van der Waals surface area contributed by atoms with Crippen molar-refractivity contribution in [2.45, 2.75) is 6.92 Å². The monoisotopic (exact) mass is 561 g/mol. The Hall–Kier alpha value is -2.99. The first kappa shape index (κ1) is 28.0. The fourth-order valence-corrected chi connectivity index (χ4v) is 5.71. The van der Waals surface area contributed by atoms with Gasteiger partial charge in [0, 0.05) is 61.2 Å². The van der Waals surface area contributed by atoms with Crippen molar-refractivity contribution < 1.29 is 22.8 Å². The molecule has 10 nitrogen and oxygen atoms in total. The Morgan fingerprint density at radius 1 is 0.842 bits per heavy atom. The van der Waals surface area contributed by atoms with Crippen molar-refractivity contribution in [3.05, 3.63) is 59.1 Å². The Balaban J connectivity index is 1.42. The molecule has 0 spiro atoms. The molecular formula is C26H32ClN5O5S.